The minimum Gasteiger partial charge on any atom is -0.276 e. The highest BCUT2D eigenvalue weighted by Crippen LogP contribution is 2.46. The number of benzene rings is 3. The van der Waals surface area contributed by atoms with Gasteiger partial charge in [-0.1, -0.05) is 91.0 Å². The first-order valence-electron chi connectivity index (χ1n) is 10.9. The average Bonchev–Trinajstić information content (AvgIpc) is 3.23. The van der Waals surface area contributed by atoms with Crippen LogP contribution in [0.25, 0.3) is 0 Å². The molecule has 0 unspecified atom stereocenters. The molecule has 3 aromatic carbocycles. The Bertz CT molecular complexity index is 1160. The summed E-state index contributed by atoms with van der Waals surface area (Å²) in [5.74, 6) is 0. The second kappa shape index (κ2) is 8.16. The van der Waals surface area contributed by atoms with E-state index in [0.29, 0.717) is 24.3 Å². The Hall–Kier alpha value is -3.44. The molecule has 0 saturated carbocycles. The maximum atomic E-state index is 13.6. The Kier molecular flexibility index (Phi) is 5.29. The zero-order chi connectivity index (χ0) is 23.1. The van der Waals surface area contributed by atoms with E-state index >= 15 is 0 Å². The topological polar surface area (TPSA) is 16.1 Å². The van der Waals surface area contributed by atoms with Crippen LogP contribution in [0.2, 0.25) is 0 Å². The molecule has 0 aliphatic carbocycles. The number of hydrogen-bond donors (Lipinski definition) is 0. The molecule has 2 nitrogen and oxygen atoms in total. The molecule has 0 saturated heterocycles. The minimum atomic E-state index is -4.42. The van der Waals surface area contributed by atoms with E-state index in [1.807, 2.05) is 54.6 Å². The lowest BCUT2D eigenvalue weighted by molar-refractivity contribution is -0.138. The van der Waals surface area contributed by atoms with Crippen molar-refractivity contribution in [3.05, 3.63) is 136 Å². The number of hydrogen-bond acceptors (Lipinski definition) is 2. The maximum absolute atomic E-state index is 13.6. The number of alkyl halides is 3. The summed E-state index contributed by atoms with van der Waals surface area (Å²) in [6.07, 6.45) is -4.42. The van der Waals surface area contributed by atoms with Gasteiger partial charge < -0.3 is 0 Å². The van der Waals surface area contributed by atoms with E-state index in [0.717, 1.165) is 16.7 Å². The van der Waals surface area contributed by atoms with Crippen LogP contribution >= 0.6 is 0 Å². The first kappa shape index (κ1) is 21.4. The average molecular weight is 445 g/mol. The molecular formula is C28H23F3N2. The highest BCUT2D eigenvalue weighted by atomic mass is 19.4. The summed E-state index contributed by atoms with van der Waals surface area (Å²) in [5.41, 5.74) is 3.18. The molecule has 166 valence electrons. The Morgan fingerprint density at radius 1 is 0.697 bits per heavy atom. The van der Waals surface area contributed by atoms with E-state index in [2.05, 4.69) is 46.3 Å². The highest BCUT2D eigenvalue weighted by molar-refractivity contribution is 5.51. The van der Waals surface area contributed by atoms with Crippen molar-refractivity contribution in [2.45, 2.75) is 31.7 Å². The van der Waals surface area contributed by atoms with Crippen molar-refractivity contribution >= 4 is 0 Å². The summed E-state index contributed by atoms with van der Waals surface area (Å²) in [7, 11) is 0. The van der Waals surface area contributed by atoms with Crippen molar-refractivity contribution in [2.75, 3.05) is 0 Å². The third-order valence-corrected chi connectivity index (χ3v) is 6.44. The van der Waals surface area contributed by atoms with Gasteiger partial charge in [-0.25, -0.2) is 0 Å². The van der Waals surface area contributed by atoms with Gasteiger partial charge in [0.05, 0.1) is 16.8 Å². The molecule has 1 aliphatic rings. The van der Waals surface area contributed by atoms with Crippen LogP contribution in [0.15, 0.2) is 97.1 Å². The van der Waals surface area contributed by atoms with Crippen molar-refractivity contribution < 1.29 is 13.2 Å². The number of aryl methyl sites for hydroxylation is 1. The third-order valence-electron chi connectivity index (χ3n) is 6.44. The Morgan fingerprint density at radius 3 is 1.58 bits per heavy atom. The summed E-state index contributed by atoms with van der Waals surface area (Å²) in [6.45, 7) is 2.25. The molecule has 33 heavy (non-hydrogen) atoms. The minimum absolute atomic E-state index is 0.0211. The molecular weight excluding hydrogens is 421 g/mol. The van der Waals surface area contributed by atoms with Gasteiger partial charge in [-0.2, -0.15) is 13.2 Å². The highest BCUT2D eigenvalue weighted by Gasteiger charge is 2.45. The molecule has 0 fully saturated rings. The fraction of sp³-hybridized carbons (Fsp3) is 0.179. The van der Waals surface area contributed by atoms with Gasteiger partial charge in [0.15, 0.2) is 0 Å². The summed E-state index contributed by atoms with van der Waals surface area (Å²) < 4.78 is 40.8. The van der Waals surface area contributed by atoms with Gasteiger partial charge in [0.1, 0.15) is 0 Å². The Labute approximate surface area is 191 Å². The molecule has 0 amide bonds. The zero-order valence-electron chi connectivity index (χ0n) is 18.2. The second-order valence-electron chi connectivity index (χ2n) is 8.39. The summed E-state index contributed by atoms with van der Waals surface area (Å²) in [4.78, 5) is 6.64. The fourth-order valence-corrected chi connectivity index (χ4v) is 5.02. The van der Waals surface area contributed by atoms with Crippen LogP contribution in [0, 0.1) is 6.92 Å². The van der Waals surface area contributed by atoms with Gasteiger partial charge >= 0.3 is 6.18 Å². The fourth-order valence-electron chi connectivity index (χ4n) is 5.02. The van der Waals surface area contributed by atoms with Crippen LogP contribution in [-0.4, -0.2) is 9.88 Å². The summed E-state index contributed by atoms with van der Waals surface area (Å²) in [6, 6.07) is 31.7. The standard InChI is InChI=1S/C28H23F3N2/c1-20-25(28(29,30)31)17-21-18-33(19-26(21)32-20)27(22-11-5-2-6-12-22,23-13-7-3-8-14-23)24-15-9-4-10-16-24/h2-17H,18-19H2,1H3. The molecule has 0 spiro atoms. The van der Waals surface area contributed by atoms with Crippen LogP contribution in [0.3, 0.4) is 0 Å². The zero-order valence-corrected chi connectivity index (χ0v) is 18.2. The first-order valence-corrected chi connectivity index (χ1v) is 10.9. The molecule has 0 atom stereocenters. The number of rotatable bonds is 4. The van der Waals surface area contributed by atoms with Crippen molar-refractivity contribution in [1.82, 2.24) is 9.88 Å². The largest absolute Gasteiger partial charge is 0.418 e. The number of aromatic nitrogens is 1. The van der Waals surface area contributed by atoms with Crippen LogP contribution < -0.4 is 0 Å². The van der Waals surface area contributed by atoms with Gasteiger partial charge in [0, 0.05) is 18.8 Å². The molecule has 2 heterocycles. The van der Waals surface area contributed by atoms with Crippen molar-refractivity contribution in [1.29, 1.82) is 0 Å². The first-order chi connectivity index (χ1) is 15.9. The van der Waals surface area contributed by atoms with Crippen molar-refractivity contribution in [3.63, 3.8) is 0 Å². The molecule has 5 rings (SSSR count). The smallest absolute Gasteiger partial charge is 0.276 e. The van der Waals surface area contributed by atoms with Crippen LogP contribution in [0.4, 0.5) is 13.2 Å². The van der Waals surface area contributed by atoms with E-state index in [9.17, 15) is 13.2 Å². The van der Waals surface area contributed by atoms with Gasteiger partial charge in [0.25, 0.3) is 0 Å². The lowest BCUT2D eigenvalue weighted by Crippen LogP contribution is -2.45. The number of fused-ring (bicyclic) bond motifs is 1. The van der Waals surface area contributed by atoms with Gasteiger partial charge in [-0.15, -0.1) is 0 Å². The van der Waals surface area contributed by atoms with Gasteiger partial charge in [0.2, 0.25) is 0 Å². The molecule has 0 bridgehead atoms. The monoisotopic (exact) mass is 444 g/mol. The van der Waals surface area contributed by atoms with Crippen molar-refractivity contribution in [2.24, 2.45) is 0 Å². The van der Waals surface area contributed by atoms with E-state index in [1.165, 1.54) is 13.0 Å². The molecule has 0 radical (unpaired) electrons. The SMILES string of the molecule is Cc1nc2c(cc1C(F)(F)F)CN(C(c1ccccc1)(c1ccccc1)c1ccccc1)C2. The Morgan fingerprint density at radius 2 is 1.15 bits per heavy atom. The lowest BCUT2D eigenvalue weighted by atomic mass is 9.75. The van der Waals surface area contributed by atoms with Gasteiger partial charge in [-0.3, -0.25) is 9.88 Å². The Balaban J connectivity index is 1.73. The summed E-state index contributed by atoms with van der Waals surface area (Å²) >= 11 is 0. The van der Waals surface area contributed by atoms with Gasteiger partial charge in [-0.05, 0) is 35.2 Å². The molecule has 1 aliphatic heterocycles. The van der Waals surface area contributed by atoms with E-state index in [1.54, 1.807) is 0 Å². The van der Waals surface area contributed by atoms with E-state index in [-0.39, 0.29) is 5.69 Å². The number of halogens is 3. The number of pyridine rings is 1. The second-order valence-corrected chi connectivity index (χ2v) is 8.39. The van der Waals surface area contributed by atoms with Crippen LogP contribution in [0.5, 0.6) is 0 Å². The third kappa shape index (κ3) is 3.62. The predicted octanol–water partition coefficient (Wildman–Crippen LogP) is 6.72. The van der Waals surface area contributed by atoms with E-state index in [4.69, 9.17) is 0 Å². The molecule has 1 aromatic heterocycles. The predicted molar refractivity (Wildman–Crippen MR) is 122 cm³/mol. The lowest BCUT2D eigenvalue weighted by Gasteiger charge is -2.43. The van der Waals surface area contributed by atoms with E-state index < -0.39 is 17.3 Å². The normalized spacial score (nSPS) is 14.3. The quantitative estimate of drug-likeness (QED) is 0.325. The molecule has 5 heteroatoms. The van der Waals surface area contributed by atoms with Crippen molar-refractivity contribution in [3.8, 4) is 0 Å². The number of nitrogens with zero attached hydrogens (tertiary/aromatic N) is 2. The molecule has 4 aromatic rings. The van der Waals surface area contributed by atoms with Crippen LogP contribution in [-0.2, 0) is 24.8 Å². The summed E-state index contributed by atoms with van der Waals surface area (Å²) in [5, 5.41) is 0. The maximum Gasteiger partial charge on any atom is 0.418 e. The molecule has 0 N–H and O–H groups in total. The van der Waals surface area contributed by atoms with Crippen LogP contribution in [0.1, 0.15) is 39.2 Å².